The van der Waals surface area contributed by atoms with E-state index in [0.717, 1.165) is 12.1 Å². The number of benzene rings is 1. The maximum Gasteiger partial charge on any atom is 0.416 e. The minimum atomic E-state index is -4.31. The molecule has 0 amide bonds. The molecule has 0 fully saturated rings. The lowest BCUT2D eigenvalue weighted by molar-refractivity contribution is -0.137. The third-order valence-electron chi connectivity index (χ3n) is 1.76. The lowest BCUT2D eigenvalue weighted by Crippen LogP contribution is -2.13. The van der Waals surface area contributed by atoms with Crippen molar-refractivity contribution in [1.29, 1.82) is 0 Å². The van der Waals surface area contributed by atoms with E-state index in [1.165, 1.54) is 6.07 Å². The highest BCUT2D eigenvalue weighted by atomic mass is 79.9. The Kier molecular flexibility index (Phi) is 3.98. The lowest BCUT2D eigenvalue weighted by Gasteiger charge is -2.11. The summed E-state index contributed by atoms with van der Waals surface area (Å²) in [4.78, 5) is 0. The largest absolute Gasteiger partial charge is 0.416 e. The van der Waals surface area contributed by atoms with Crippen LogP contribution in [0.5, 0.6) is 0 Å². The highest BCUT2D eigenvalue weighted by Crippen LogP contribution is 2.33. The van der Waals surface area contributed by atoms with Gasteiger partial charge in [0.25, 0.3) is 0 Å². The molecule has 1 aromatic carbocycles. The Morgan fingerprint density at radius 3 is 2.47 bits per heavy atom. The van der Waals surface area contributed by atoms with Crippen LogP contribution in [-0.2, 0) is 6.18 Å². The molecule has 0 unspecified atom stereocenters. The molecule has 6 heteroatoms. The Labute approximate surface area is 93.8 Å². The summed E-state index contributed by atoms with van der Waals surface area (Å²) >= 11 is 3.07. The number of hydrogen-bond donors (Lipinski definition) is 2. The first-order valence-electron chi connectivity index (χ1n) is 4.26. The second kappa shape index (κ2) is 4.85. The normalized spacial score (nSPS) is 11.5. The van der Waals surface area contributed by atoms with E-state index in [1.54, 1.807) is 0 Å². The van der Waals surface area contributed by atoms with Crippen molar-refractivity contribution in [3.63, 3.8) is 0 Å². The van der Waals surface area contributed by atoms with Crippen molar-refractivity contribution >= 4 is 21.6 Å². The fourth-order valence-electron chi connectivity index (χ4n) is 1.04. The SMILES string of the molecule is NCCNc1ccc(C(F)(F)F)cc1Br. The molecule has 0 aliphatic carbocycles. The van der Waals surface area contributed by atoms with Gasteiger partial charge in [-0.15, -0.1) is 0 Å². The van der Waals surface area contributed by atoms with Gasteiger partial charge in [0.05, 0.1) is 5.56 Å². The molecule has 84 valence electrons. The molecule has 0 heterocycles. The molecule has 0 bridgehead atoms. The van der Waals surface area contributed by atoms with Crippen molar-refractivity contribution in [2.24, 2.45) is 5.73 Å². The summed E-state index contributed by atoms with van der Waals surface area (Å²) < 4.78 is 37.3. The zero-order chi connectivity index (χ0) is 11.5. The Balaban J connectivity index is 2.88. The summed E-state index contributed by atoms with van der Waals surface area (Å²) in [5.41, 5.74) is 5.20. The fourth-order valence-corrected chi connectivity index (χ4v) is 1.56. The molecular formula is C9H10BrF3N2. The number of halogens is 4. The van der Waals surface area contributed by atoms with Gasteiger partial charge in [-0.05, 0) is 34.1 Å². The lowest BCUT2D eigenvalue weighted by atomic mass is 10.2. The van der Waals surface area contributed by atoms with Crippen LogP contribution >= 0.6 is 15.9 Å². The number of alkyl halides is 3. The van der Waals surface area contributed by atoms with Gasteiger partial charge in [0.1, 0.15) is 0 Å². The van der Waals surface area contributed by atoms with Crippen molar-refractivity contribution in [3.8, 4) is 0 Å². The van der Waals surface area contributed by atoms with Crippen LogP contribution in [0.1, 0.15) is 5.56 Å². The van der Waals surface area contributed by atoms with Crippen LogP contribution in [0.25, 0.3) is 0 Å². The maximum absolute atomic E-state index is 12.3. The fraction of sp³-hybridized carbons (Fsp3) is 0.333. The number of hydrogen-bond acceptors (Lipinski definition) is 2. The molecule has 3 N–H and O–H groups in total. The van der Waals surface area contributed by atoms with Crippen LogP contribution in [0.15, 0.2) is 22.7 Å². The van der Waals surface area contributed by atoms with Crippen molar-refractivity contribution in [2.75, 3.05) is 18.4 Å². The predicted octanol–water partition coefficient (Wildman–Crippen LogP) is 2.84. The Morgan fingerprint density at radius 2 is 2.00 bits per heavy atom. The van der Waals surface area contributed by atoms with Crippen LogP contribution in [0, 0.1) is 0 Å². The molecular weight excluding hydrogens is 273 g/mol. The van der Waals surface area contributed by atoms with E-state index in [9.17, 15) is 13.2 Å². The van der Waals surface area contributed by atoms with Crippen LogP contribution in [-0.4, -0.2) is 13.1 Å². The molecule has 0 aliphatic heterocycles. The summed E-state index contributed by atoms with van der Waals surface area (Å²) in [5.74, 6) is 0. The van der Waals surface area contributed by atoms with Crippen LogP contribution in [0.2, 0.25) is 0 Å². The number of rotatable bonds is 3. The molecule has 0 saturated carbocycles. The zero-order valence-electron chi connectivity index (χ0n) is 7.74. The molecule has 0 aliphatic rings. The minimum Gasteiger partial charge on any atom is -0.383 e. The summed E-state index contributed by atoms with van der Waals surface area (Å²) in [5, 5.41) is 2.90. The van der Waals surface area contributed by atoms with E-state index < -0.39 is 11.7 Å². The summed E-state index contributed by atoms with van der Waals surface area (Å²) in [6, 6.07) is 3.45. The highest BCUT2D eigenvalue weighted by molar-refractivity contribution is 9.10. The number of nitrogens with two attached hydrogens (primary N) is 1. The van der Waals surface area contributed by atoms with Gasteiger partial charge < -0.3 is 11.1 Å². The standard InChI is InChI=1S/C9H10BrF3N2/c10-7-5-6(9(11,12)13)1-2-8(7)15-4-3-14/h1-2,5,15H,3-4,14H2. The smallest absolute Gasteiger partial charge is 0.383 e. The minimum absolute atomic E-state index is 0.380. The molecule has 0 atom stereocenters. The van der Waals surface area contributed by atoms with E-state index in [-0.39, 0.29) is 0 Å². The second-order valence-electron chi connectivity index (χ2n) is 2.91. The first kappa shape index (κ1) is 12.3. The van der Waals surface area contributed by atoms with Crippen LogP contribution in [0.3, 0.4) is 0 Å². The molecule has 0 radical (unpaired) electrons. The summed E-state index contributed by atoms with van der Waals surface area (Å²) in [6.07, 6.45) is -4.31. The van der Waals surface area contributed by atoms with Gasteiger partial charge in [-0.1, -0.05) is 0 Å². The first-order chi connectivity index (χ1) is 6.95. The highest BCUT2D eigenvalue weighted by Gasteiger charge is 2.30. The molecule has 1 aromatic rings. The van der Waals surface area contributed by atoms with E-state index in [0.29, 0.717) is 23.2 Å². The van der Waals surface area contributed by atoms with Gasteiger partial charge in [-0.25, -0.2) is 0 Å². The molecule has 0 saturated heterocycles. The molecule has 2 nitrogen and oxygen atoms in total. The average molecular weight is 283 g/mol. The molecule has 0 aromatic heterocycles. The average Bonchev–Trinajstić information content (AvgIpc) is 2.14. The summed E-state index contributed by atoms with van der Waals surface area (Å²) in [7, 11) is 0. The van der Waals surface area contributed by atoms with Crippen molar-refractivity contribution in [1.82, 2.24) is 0 Å². The van der Waals surface area contributed by atoms with Crippen molar-refractivity contribution < 1.29 is 13.2 Å². The predicted molar refractivity (Wildman–Crippen MR) is 56.7 cm³/mol. The number of nitrogens with one attached hydrogen (secondary N) is 1. The van der Waals surface area contributed by atoms with E-state index in [2.05, 4.69) is 21.2 Å². The summed E-state index contributed by atoms with van der Waals surface area (Å²) in [6.45, 7) is 0.942. The van der Waals surface area contributed by atoms with E-state index in [4.69, 9.17) is 5.73 Å². The van der Waals surface area contributed by atoms with Gasteiger partial charge in [0, 0.05) is 23.2 Å². The van der Waals surface area contributed by atoms with Gasteiger partial charge >= 0.3 is 6.18 Å². The monoisotopic (exact) mass is 282 g/mol. The van der Waals surface area contributed by atoms with Crippen LogP contribution < -0.4 is 11.1 Å². The first-order valence-corrected chi connectivity index (χ1v) is 5.05. The van der Waals surface area contributed by atoms with Crippen molar-refractivity contribution in [3.05, 3.63) is 28.2 Å². The second-order valence-corrected chi connectivity index (χ2v) is 3.76. The molecule has 0 spiro atoms. The Hall–Kier alpha value is -0.750. The van der Waals surface area contributed by atoms with Gasteiger partial charge in [0.15, 0.2) is 0 Å². The van der Waals surface area contributed by atoms with E-state index in [1.807, 2.05) is 0 Å². The maximum atomic E-state index is 12.3. The molecule has 15 heavy (non-hydrogen) atoms. The quantitative estimate of drug-likeness (QED) is 0.895. The number of anilines is 1. The third kappa shape index (κ3) is 3.39. The Bertz CT molecular complexity index is 339. The Morgan fingerprint density at radius 1 is 1.33 bits per heavy atom. The van der Waals surface area contributed by atoms with Crippen molar-refractivity contribution in [2.45, 2.75) is 6.18 Å². The van der Waals surface area contributed by atoms with E-state index >= 15 is 0 Å². The van der Waals surface area contributed by atoms with Gasteiger partial charge in [0.2, 0.25) is 0 Å². The third-order valence-corrected chi connectivity index (χ3v) is 2.41. The zero-order valence-corrected chi connectivity index (χ0v) is 9.32. The van der Waals surface area contributed by atoms with Gasteiger partial charge in [-0.3, -0.25) is 0 Å². The van der Waals surface area contributed by atoms with Crippen LogP contribution in [0.4, 0.5) is 18.9 Å². The molecule has 1 rings (SSSR count). The topological polar surface area (TPSA) is 38.0 Å². The van der Waals surface area contributed by atoms with Gasteiger partial charge in [-0.2, -0.15) is 13.2 Å².